The third-order valence-corrected chi connectivity index (χ3v) is 6.94. The molecule has 1 aromatic rings. The lowest BCUT2D eigenvalue weighted by atomic mass is 9.61. The van der Waals surface area contributed by atoms with Crippen LogP contribution in [-0.4, -0.2) is 9.65 Å². The quantitative estimate of drug-likeness (QED) is 0.631. The van der Waals surface area contributed by atoms with Crippen molar-refractivity contribution >= 4 is 31.9 Å². The number of fused-ring (bicyclic) bond motifs is 8. The van der Waals surface area contributed by atoms with E-state index in [1.165, 1.54) is 6.42 Å². The van der Waals surface area contributed by atoms with Crippen molar-refractivity contribution in [1.29, 1.82) is 0 Å². The summed E-state index contributed by atoms with van der Waals surface area (Å²) in [5.41, 5.74) is 3.27. The van der Waals surface area contributed by atoms with Gasteiger partial charge in [0, 0.05) is 9.65 Å². The van der Waals surface area contributed by atoms with Crippen LogP contribution in [0.1, 0.15) is 29.4 Å². The number of benzene rings is 1. The Bertz CT molecular complexity index is 428. The fourth-order valence-electron chi connectivity index (χ4n) is 4.15. The molecule has 2 bridgehead atoms. The first-order valence-corrected chi connectivity index (χ1v) is 7.49. The van der Waals surface area contributed by atoms with Gasteiger partial charge in [0.15, 0.2) is 0 Å². The first-order valence-electron chi connectivity index (χ1n) is 5.66. The Morgan fingerprint density at radius 1 is 1.00 bits per heavy atom. The van der Waals surface area contributed by atoms with Crippen LogP contribution in [0.15, 0.2) is 24.3 Å². The van der Waals surface area contributed by atoms with Crippen LogP contribution in [0.3, 0.4) is 0 Å². The Labute approximate surface area is 107 Å². The zero-order valence-corrected chi connectivity index (χ0v) is 11.4. The normalized spacial score (nSPS) is 49.7. The monoisotopic (exact) mass is 326 g/mol. The van der Waals surface area contributed by atoms with Crippen molar-refractivity contribution < 1.29 is 0 Å². The van der Waals surface area contributed by atoms with Crippen LogP contribution in [-0.2, 0) is 0 Å². The van der Waals surface area contributed by atoms with E-state index < -0.39 is 0 Å². The van der Waals surface area contributed by atoms with Gasteiger partial charge in [-0.05, 0) is 41.2 Å². The minimum atomic E-state index is 0.737. The summed E-state index contributed by atoms with van der Waals surface area (Å²) in [6.45, 7) is 0. The Hall–Kier alpha value is 0.180. The Morgan fingerprint density at radius 3 is 2.40 bits per heavy atom. The van der Waals surface area contributed by atoms with Crippen LogP contribution in [0, 0.1) is 11.8 Å². The fourth-order valence-corrected chi connectivity index (χ4v) is 6.89. The van der Waals surface area contributed by atoms with Crippen molar-refractivity contribution in [2.24, 2.45) is 11.8 Å². The van der Waals surface area contributed by atoms with Gasteiger partial charge < -0.3 is 0 Å². The minimum absolute atomic E-state index is 0.737. The highest BCUT2D eigenvalue weighted by molar-refractivity contribution is 9.10. The largest absolute Gasteiger partial charge is 0.0887 e. The van der Waals surface area contributed by atoms with Crippen LogP contribution >= 0.6 is 31.9 Å². The van der Waals surface area contributed by atoms with E-state index in [4.69, 9.17) is 0 Å². The summed E-state index contributed by atoms with van der Waals surface area (Å²) < 4.78 is 0. The molecule has 2 heteroatoms. The van der Waals surface area contributed by atoms with E-state index >= 15 is 0 Å². The molecule has 4 rings (SSSR count). The Morgan fingerprint density at radius 2 is 1.67 bits per heavy atom. The maximum Gasteiger partial charge on any atom is 0.0225 e. The fraction of sp³-hybridized carbons (Fsp3) is 0.538. The molecule has 1 aromatic carbocycles. The molecule has 3 aliphatic rings. The van der Waals surface area contributed by atoms with E-state index in [2.05, 4.69) is 56.1 Å². The summed E-state index contributed by atoms with van der Waals surface area (Å²) in [4.78, 5) is 1.48. The first-order chi connectivity index (χ1) is 7.29. The van der Waals surface area contributed by atoms with E-state index in [9.17, 15) is 0 Å². The third kappa shape index (κ3) is 0.945. The van der Waals surface area contributed by atoms with E-state index in [1.807, 2.05) is 0 Å². The molecule has 0 saturated heterocycles. The van der Waals surface area contributed by atoms with Gasteiger partial charge in [-0.1, -0.05) is 56.1 Å². The molecule has 0 N–H and O–H groups in total. The molecule has 6 atom stereocenters. The topological polar surface area (TPSA) is 0 Å². The zero-order valence-electron chi connectivity index (χ0n) is 8.24. The second-order valence-electron chi connectivity index (χ2n) is 5.12. The molecule has 0 nitrogen and oxygen atoms in total. The number of halogens is 2. The molecule has 0 unspecified atom stereocenters. The van der Waals surface area contributed by atoms with Gasteiger partial charge >= 0.3 is 0 Å². The molecular formula is C13H12Br2. The molecule has 0 heterocycles. The first kappa shape index (κ1) is 9.23. The predicted molar refractivity (Wildman–Crippen MR) is 69.0 cm³/mol. The van der Waals surface area contributed by atoms with Crippen molar-refractivity contribution in [2.75, 3.05) is 0 Å². The molecule has 78 valence electrons. The molecule has 2 fully saturated rings. The zero-order chi connectivity index (χ0) is 10.2. The Balaban J connectivity index is 1.86. The van der Waals surface area contributed by atoms with Crippen LogP contribution < -0.4 is 0 Å². The molecule has 0 aromatic heterocycles. The SMILES string of the molecule is Br[C@@H]1[C@@H]2C[C@H](Br)[C@H]1[C@@H]1c3ccccc3[C@H]21. The van der Waals surface area contributed by atoms with Crippen LogP contribution in [0.5, 0.6) is 0 Å². The van der Waals surface area contributed by atoms with Gasteiger partial charge in [0.05, 0.1) is 0 Å². The Kier molecular flexibility index (Phi) is 1.78. The molecular weight excluding hydrogens is 316 g/mol. The van der Waals surface area contributed by atoms with Crippen LogP contribution in [0.4, 0.5) is 0 Å². The standard InChI is InChI=1S/C13H12Br2/c14-9-5-8-10-6-3-1-2-4-7(6)11(10)12(9)13(8)15/h1-4,8-13H,5H2/t8-,9+,10-,11-,12+,13-/m1/s1. The highest BCUT2D eigenvalue weighted by Gasteiger charge is 2.62. The smallest absolute Gasteiger partial charge is 0.0225 e. The second-order valence-corrected chi connectivity index (χ2v) is 7.35. The lowest BCUT2D eigenvalue weighted by Crippen LogP contribution is -2.33. The summed E-state index contributed by atoms with van der Waals surface area (Å²) in [6, 6.07) is 9.04. The number of hydrogen-bond acceptors (Lipinski definition) is 0. The molecule has 3 aliphatic carbocycles. The summed E-state index contributed by atoms with van der Waals surface area (Å²) in [7, 11) is 0. The van der Waals surface area contributed by atoms with Crippen molar-refractivity contribution in [3.05, 3.63) is 35.4 Å². The van der Waals surface area contributed by atoms with Crippen LogP contribution in [0.2, 0.25) is 0 Å². The minimum Gasteiger partial charge on any atom is -0.0887 e. The third-order valence-electron chi connectivity index (χ3n) is 4.67. The van der Waals surface area contributed by atoms with Crippen molar-refractivity contribution in [1.82, 2.24) is 0 Å². The predicted octanol–water partition coefficient (Wildman–Crippen LogP) is 4.04. The van der Waals surface area contributed by atoms with Gasteiger partial charge in [0.2, 0.25) is 0 Å². The molecule has 0 spiro atoms. The highest BCUT2D eigenvalue weighted by atomic mass is 79.9. The van der Waals surface area contributed by atoms with Crippen LogP contribution in [0.25, 0.3) is 0 Å². The molecule has 2 saturated carbocycles. The number of alkyl halides is 2. The summed E-state index contributed by atoms with van der Waals surface area (Å²) in [6.07, 6.45) is 1.36. The van der Waals surface area contributed by atoms with Crippen molar-refractivity contribution in [3.63, 3.8) is 0 Å². The second kappa shape index (κ2) is 2.89. The lowest BCUT2D eigenvalue weighted by Gasteiger charge is -2.44. The highest BCUT2D eigenvalue weighted by Crippen LogP contribution is 2.70. The van der Waals surface area contributed by atoms with Gasteiger partial charge in [0.1, 0.15) is 0 Å². The summed E-state index contributed by atoms with van der Waals surface area (Å²) in [5, 5.41) is 0. The molecule has 0 radical (unpaired) electrons. The average Bonchev–Trinajstić information content (AvgIpc) is 2.61. The van der Waals surface area contributed by atoms with E-state index in [1.54, 1.807) is 11.1 Å². The van der Waals surface area contributed by atoms with Crippen molar-refractivity contribution in [3.8, 4) is 0 Å². The average molecular weight is 328 g/mol. The van der Waals surface area contributed by atoms with Gasteiger partial charge in [-0.15, -0.1) is 0 Å². The lowest BCUT2D eigenvalue weighted by molar-refractivity contribution is 0.333. The maximum atomic E-state index is 3.92. The van der Waals surface area contributed by atoms with Gasteiger partial charge in [-0.25, -0.2) is 0 Å². The van der Waals surface area contributed by atoms with E-state index in [0.29, 0.717) is 0 Å². The van der Waals surface area contributed by atoms with Gasteiger partial charge in [-0.2, -0.15) is 0 Å². The van der Waals surface area contributed by atoms with E-state index in [-0.39, 0.29) is 0 Å². The number of hydrogen-bond donors (Lipinski definition) is 0. The van der Waals surface area contributed by atoms with Gasteiger partial charge in [-0.3, -0.25) is 0 Å². The molecule has 15 heavy (non-hydrogen) atoms. The number of rotatable bonds is 0. The molecule has 0 aliphatic heterocycles. The van der Waals surface area contributed by atoms with Gasteiger partial charge in [0.25, 0.3) is 0 Å². The summed E-state index contributed by atoms with van der Waals surface area (Å²) >= 11 is 7.78. The van der Waals surface area contributed by atoms with Crippen molar-refractivity contribution in [2.45, 2.75) is 27.9 Å². The maximum absolute atomic E-state index is 3.92. The summed E-state index contributed by atoms with van der Waals surface area (Å²) in [5.74, 6) is 3.41. The molecule has 0 amide bonds. The van der Waals surface area contributed by atoms with E-state index in [0.717, 1.165) is 33.3 Å².